The Morgan fingerprint density at radius 2 is 0.759 bits per heavy atom. The number of rotatable bonds is 4. The summed E-state index contributed by atoms with van der Waals surface area (Å²) >= 11 is 0. The molecule has 3 heteroatoms. The van der Waals surface area contributed by atoms with Gasteiger partial charge in [0.1, 0.15) is 0 Å². The molecular weight excluding hydrogens is 655 g/mol. The zero-order valence-corrected chi connectivity index (χ0v) is 29.2. The third-order valence-electron chi connectivity index (χ3n) is 10.8. The highest BCUT2D eigenvalue weighted by Gasteiger charge is 2.17. The van der Waals surface area contributed by atoms with E-state index in [1.165, 1.54) is 53.9 Å². The van der Waals surface area contributed by atoms with Crippen molar-refractivity contribution < 1.29 is 0 Å². The van der Waals surface area contributed by atoms with Crippen molar-refractivity contribution in [2.24, 2.45) is 0 Å². The molecule has 0 aliphatic carbocycles. The molecule has 11 aromatic rings. The first kappa shape index (κ1) is 30.4. The number of hydrogen-bond donors (Lipinski definition) is 0. The summed E-state index contributed by atoms with van der Waals surface area (Å²) in [4.78, 5) is 15.5. The minimum Gasteiger partial charge on any atom is -0.256 e. The Bertz CT molecular complexity index is 3270. The van der Waals surface area contributed by atoms with Gasteiger partial charge in [-0.25, -0.2) is 9.97 Å². The highest BCUT2D eigenvalue weighted by molar-refractivity contribution is 6.17. The van der Waals surface area contributed by atoms with Crippen molar-refractivity contribution >= 4 is 64.6 Å². The van der Waals surface area contributed by atoms with Gasteiger partial charge in [-0.1, -0.05) is 146 Å². The Hall–Kier alpha value is -7.23. The van der Waals surface area contributed by atoms with Gasteiger partial charge in [0.05, 0.1) is 17.1 Å². The van der Waals surface area contributed by atoms with Crippen LogP contribution >= 0.6 is 0 Å². The van der Waals surface area contributed by atoms with Crippen LogP contribution in [0, 0.1) is 0 Å². The van der Waals surface area contributed by atoms with E-state index in [0.29, 0.717) is 5.82 Å². The maximum Gasteiger partial charge on any atom is 0.160 e. The molecule has 54 heavy (non-hydrogen) atoms. The number of hydrogen-bond acceptors (Lipinski definition) is 3. The largest absolute Gasteiger partial charge is 0.256 e. The summed E-state index contributed by atoms with van der Waals surface area (Å²) in [5, 5.41) is 14.4. The van der Waals surface area contributed by atoms with Crippen molar-refractivity contribution in [1.29, 1.82) is 0 Å². The standard InChI is InChI=1S/C51H31N3/c1-2-12-35-26-45-39(25-34(35)11-1)28-47(44-20-10-8-18-42(44)45)50-30-49(46-27-37-14-5-6-16-40(37)41-17-7-9-19-43(41)46)53-51(54-50)33-23-21-32(22-24-33)48-29-36-13-3-4-15-38(36)31-52-48/h1-31H. The molecule has 0 unspecified atom stereocenters. The van der Waals surface area contributed by atoms with Gasteiger partial charge in [-0.15, -0.1) is 0 Å². The molecule has 250 valence electrons. The lowest BCUT2D eigenvalue weighted by molar-refractivity contribution is 1.19. The summed E-state index contributed by atoms with van der Waals surface area (Å²) in [6.45, 7) is 0. The van der Waals surface area contributed by atoms with E-state index in [4.69, 9.17) is 15.0 Å². The number of pyridine rings is 1. The quantitative estimate of drug-likeness (QED) is 0.137. The van der Waals surface area contributed by atoms with Crippen LogP contribution < -0.4 is 0 Å². The maximum absolute atomic E-state index is 5.38. The summed E-state index contributed by atoms with van der Waals surface area (Å²) in [5.74, 6) is 0.681. The molecule has 0 aliphatic heterocycles. The van der Waals surface area contributed by atoms with Gasteiger partial charge in [-0.3, -0.25) is 4.98 Å². The first-order valence-corrected chi connectivity index (χ1v) is 18.3. The second kappa shape index (κ2) is 12.2. The SMILES string of the molecule is c1ccc2cc(-c3ccc(-c4nc(-c5cc6ccccc6c6ccccc56)cc(-c5cc6cc7ccccc7cc6c6ccccc56)n4)cc3)ncc2c1. The van der Waals surface area contributed by atoms with Crippen LogP contribution in [0.3, 0.4) is 0 Å². The van der Waals surface area contributed by atoms with Gasteiger partial charge >= 0.3 is 0 Å². The average molecular weight is 686 g/mol. The van der Waals surface area contributed by atoms with E-state index >= 15 is 0 Å². The van der Waals surface area contributed by atoms with Crippen LogP contribution in [0.1, 0.15) is 0 Å². The summed E-state index contributed by atoms with van der Waals surface area (Å²) in [6.07, 6.45) is 1.95. The molecule has 0 saturated carbocycles. The molecule has 2 heterocycles. The monoisotopic (exact) mass is 685 g/mol. The third-order valence-corrected chi connectivity index (χ3v) is 10.8. The fourth-order valence-corrected chi connectivity index (χ4v) is 8.16. The van der Waals surface area contributed by atoms with Crippen LogP contribution in [-0.2, 0) is 0 Å². The number of nitrogens with zero attached hydrogens (tertiary/aromatic N) is 3. The molecule has 3 nitrogen and oxygen atoms in total. The molecule has 0 atom stereocenters. The molecule has 2 aromatic heterocycles. The van der Waals surface area contributed by atoms with Crippen LogP contribution in [0.25, 0.3) is 110 Å². The number of aromatic nitrogens is 3. The van der Waals surface area contributed by atoms with Gasteiger partial charge in [0.25, 0.3) is 0 Å². The van der Waals surface area contributed by atoms with E-state index in [0.717, 1.165) is 50.1 Å². The molecule has 0 bridgehead atoms. The fraction of sp³-hybridized carbons (Fsp3) is 0. The van der Waals surface area contributed by atoms with Gasteiger partial charge < -0.3 is 0 Å². The van der Waals surface area contributed by atoms with Crippen LogP contribution in [-0.4, -0.2) is 15.0 Å². The minimum atomic E-state index is 0.681. The van der Waals surface area contributed by atoms with Crippen LogP contribution in [0.5, 0.6) is 0 Å². The summed E-state index contributed by atoms with van der Waals surface area (Å²) in [6, 6.07) is 65.0. The zero-order chi connectivity index (χ0) is 35.6. The van der Waals surface area contributed by atoms with Crippen molar-refractivity contribution in [3.05, 3.63) is 188 Å². The Labute approximate surface area is 311 Å². The molecule has 0 radical (unpaired) electrons. The normalized spacial score (nSPS) is 11.7. The van der Waals surface area contributed by atoms with E-state index in [9.17, 15) is 0 Å². The highest BCUT2D eigenvalue weighted by Crippen LogP contribution is 2.40. The lowest BCUT2D eigenvalue weighted by Gasteiger charge is -2.15. The van der Waals surface area contributed by atoms with E-state index in [1.807, 2.05) is 12.3 Å². The lowest BCUT2D eigenvalue weighted by atomic mass is 9.92. The van der Waals surface area contributed by atoms with Crippen LogP contribution in [0.2, 0.25) is 0 Å². The molecular formula is C51H31N3. The van der Waals surface area contributed by atoms with E-state index < -0.39 is 0 Å². The second-order valence-corrected chi connectivity index (χ2v) is 14.0. The topological polar surface area (TPSA) is 38.7 Å². The zero-order valence-electron chi connectivity index (χ0n) is 29.2. The van der Waals surface area contributed by atoms with E-state index in [-0.39, 0.29) is 0 Å². The van der Waals surface area contributed by atoms with Gasteiger partial charge in [0, 0.05) is 33.8 Å². The summed E-state index contributed by atoms with van der Waals surface area (Å²) < 4.78 is 0. The van der Waals surface area contributed by atoms with Crippen molar-refractivity contribution in [2.45, 2.75) is 0 Å². The molecule has 9 aromatic carbocycles. The highest BCUT2D eigenvalue weighted by atomic mass is 14.9. The molecule has 0 fully saturated rings. The Balaban J connectivity index is 1.15. The van der Waals surface area contributed by atoms with Crippen molar-refractivity contribution in [1.82, 2.24) is 15.0 Å². The molecule has 11 rings (SSSR count). The predicted octanol–water partition coefficient (Wildman–Crippen LogP) is 13.5. The molecule has 0 saturated heterocycles. The first-order valence-electron chi connectivity index (χ1n) is 18.3. The minimum absolute atomic E-state index is 0.681. The number of fused-ring (bicyclic) bond motifs is 8. The van der Waals surface area contributed by atoms with E-state index in [2.05, 4.69) is 176 Å². The maximum atomic E-state index is 5.38. The smallest absolute Gasteiger partial charge is 0.160 e. The average Bonchev–Trinajstić information content (AvgIpc) is 3.25. The van der Waals surface area contributed by atoms with Crippen molar-refractivity contribution in [3.63, 3.8) is 0 Å². The molecule has 0 spiro atoms. The van der Waals surface area contributed by atoms with E-state index in [1.54, 1.807) is 0 Å². The summed E-state index contributed by atoms with van der Waals surface area (Å²) in [7, 11) is 0. The lowest BCUT2D eigenvalue weighted by Crippen LogP contribution is -1.97. The molecule has 0 amide bonds. The van der Waals surface area contributed by atoms with Crippen LogP contribution in [0.4, 0.5) is 0 Å². The van der Waals surface area contributed by atoms with Gasteiger partial charge in [-0.05, 0) is 95.6 Å². The Morgan fingerprint density at radius 3 is 1.43 bits per heavy atom. The van der Waals surface area contributed by atoms with Gasteiger partial charge in [0.15, 0.2) is 5.82 Å². The van der Waals surface area contributed by atoms with Gasteiger partial charge in [-0.2, -0.15) is 0 Å². The van der Waals surface area contributed by atoms with Gasteiger partial charge in [0.2, 0.25) is 0 Å². The Morgan fingerprint density at radius 1 is 0.278 bits per heavy atom. The third kappa shape index (κ3) is 5.02. The van der Waals surface area contributed by atoms with Crippen molar-refractivity contribution in [2.75, 3.05) is 0 Å². The summed E-state index contributed by atoms with van der Waals surface area (Å²) in [5.41, 5.74) is 6.88. The van der Waals surface area contributed by atoms with Crippen molar-refractivity contribution in [3.8, 4) is 45.2 Å². The molecule has 0 N–H and O–H groups in total. The predicted molar refractivity (Wildman–Crippen MR) is 227 cm³/mol. The molecule has 0 aliphatic rings. The Kier molecular flexibility index (Phi) is 6.86. The first-order chi connectivity index (χ1) is 26.7. The second-order valence-electron chi connectivity index (χ2n) is 14.0. The van der Waals surface area contributed by atoms with Crippen LogP contribution in [0.15, 0.2) is 188 Å². The number of benzene rings is 9. The fourth-order valence-electron chi connectivity index (χ4n) is 8.16.